The Kier molecular flexibility index (Phi) is 9.17. The maximum absolute atomic E-state index is 13.8. The third-order valence-electron chi connectivity index (χ3n) is 7.37. The molecular weight excluding hydrogens is 608 g/mol. The monoisotopic (exact) mass is 638 g/mol. The third kappa shape index (κ3) is 6.00. The number of hydrogen-bond acceptors (Lipinski definition) is 17. The molecule has 1 aromatic heterocycles. The number of benzene rings is 2. The number of hydrogen-bond donors (Lipinski definition) is 9. The van der Waals surface area contributed by atoms with E-state index in [9.17, 15) is 55.5 Å². The SMILES string of the molecule is COC(=O)[C@H]1O[C@@H](Oc2cc(O)c3c(=O)c(O[C@H]4O[C@@H](CO)[C@H](O)[C@@H](O)[C@@H]4O)c(-c4ccc(O)cc4)oc3c2)[C@H](O)[C@@H](O)[C@@H]1O. The van der Waals surface area contributed by atoms with E-state index in [0.29, 0.717) is 0 Å². The van der Waals surface area contributed by atoms with Gasteiger partial charge in [-0.2, -0.15) is 0 Å². The summed E-state index contributed by atoms with van der Waals surface area (Å²) in [4.78, 5) is 25.8. The average molecular weight is 639 g/mol. The van der Waals surface area contributed by atoms with Gasteiger partial charge in [0.2, 0.25) is 23.8 Å². The van der Waals surface area contributed by atoms with Gasteiger partial charge in [0.1, 0.15) is 70.9 Å². The molecule has 0 saturated carbocycles. The minimum Gasteiger partial charge on any atom is -0.508 e. The number of aromatic hydroxyl groups is 2. The summed E-state index contributed by atoms with van der Waals surface area (Å²) >= 11 is 0. The van der Waals surface area contributed by atoms with Gasteiger partial charge in [0, 0.05) is 17.7 Å². The first-order valence-corrected chi connectivity index (χ1v) is 13.4. The van der Waals surface area contributed by atoms with Crippen molar-refractivity contribution in [2.45, 2.75) is 61.4 Å². The predicted octanol–water partition coefficient (Wildman–Crippen LogP) is -2.59. The fourth-order valence-electron chi connectivity index (χ4n) is 4.91. The van der Waals surface area contributed by atoms with Crippen molar-refractivity contribution in [1.29, 1.82) is 0 Å². The molecule has 10 atom stereocenters. The Balaban J connectivity index is 1.57. The Labute approximate surface area is 252 Å². The molecule has 5 rings (SSSR count). The van der Waals surface area contributed by atoms with Crippen molar-refractivity contribution in [2.24, 2.45) is 0 Å². The Morgan fingerprint density at radius 3 is 2.07 bits per heavy atom. The number of esters is 1. The first-order chi connectivity index (χ1) is 21.4. The van der Waals surface area contributed by atoms with Gasteiger partial charge in [0.05, 0.1) is 13.7 Å². The number of aliphatic hydroxyl groups excluding tert-OH is 7. The number of aliphatic hydroxyl groups is 7. The number of carbonyl (C=O) groups excluding carboxylic acids is 1. The van der Waals surface area contributed by atoms with Crippen LogP contribution in [-0.2, 0) is 19.0 Å². The fourth-order valence-corrected chi connectivity index (χ4v) is 4.91. The summed E-state index contributed by atoms with van der Waals surface area (Å²) in [6.07, 6.45) is -17.8. The number of methoxy groups -OCH3 is 1. The predicted molar refractivity (Wildman–Crippen MR) is 145 cm³/mol. The van der Waals surface area contributed by atoms with Crippen LogP contribution < -0.4 is 14.9 Å². The van der Waals surface area contributed by atoms with E-state index in [1.54, 1.807) is 0 Å². The number of ether oxygens (including phenoxy) is 5. The molecule has 2 fully saturated rings. The number of carbonyl (C=O) groups is 1. The first-order valence-electron chi connectivity index (χ1n) is 13.4. The van der Waals surface area contributed by atoms with E-state index in [2.05, 4.69) is 4.74 Å². The molecule has 0 amide bonds. The average Bonchev–Trinajstić information content (AvgIpc) is 3.02. The molecule has 2 aliphatic rings. The van der Waals surface area contributed by atoms with Crippen LogP contribution in [0.15, 0.2) is 45.6 Å². The maximum atomic E-state index is 13.8. The van der Waals surface area contributed by atoms with Crippen molar-refractivity contribution < 1.29 is 78.9 Å². The summed E-state index contributed by atoms with van der Waals surface area (Å²) in [6.45, 7) is -0.776. The quantitative estimate of drug-likeness (QED) is 0.120. The van der Waals surface area contributed by atoms with Crippen molar-refractivity contribution in [3.8, 4) is 34.3 Å². The highest BCUT2D eigenvalue weighted by Crippen LogP contribution is 2.38. The van der Waals surface area contributed by atoms with E-state index < -0.39 is 96.3 Å². The lowest BCUT2D eigenvalue weighted by molar-refractivity contribution is -0.277. The van der Waals surface area contributed by atoms with Crippen LogP contribution in [0.5, 0.6) is 23.0 Å². The summed E-state index contributed by atoms with van der Waals surface area (Å²) in [5.41, 5.74) is -1.20. The van der Waals surface area contributed by atoms with Crippen LogP contribution in [0.25, 0.3) is 22.3 Å². The smallest absolute Gasteiger partial charge is 0.337 e. The first kappa shape index (κ1) is 32.4. The number of fused-ring (bicyclic) bond motifs is 1. The van der Waals surface area contributed by atoms with Gasteiger partial charge in [0.25, 0.3) is 0 Å². The van der Waals surface area contributed by atoms with Gasteiger partial charge in [-0.1, -0.05) is 0 Å². The molecule has 244 valence electrons. The molecule has 0 bridgehead atoms. The van der Waals surface area contributed by atoms with Gasteiger partial charge in [-0.05, 0) is 24.3 Å². The molecular formula is C28H30O17. The summed E-state index contributed by atoms with van der Waals surface area (Å²) in [5.74, 6) is -3.21. The molecule has 2 aliphatic heterocycles. The Morgan fingerprint density at radius 1 is 0.822 bits per heavy atom. The summed E-state index contributed by atoms with van der Waals surface area (Å²) in [7, 11) is 1.01. The van der Waals surface area contributed by atoms with Crippen LogP contribution in [0.2, 0.25) is 0 Å². The largest absolute Gasteiger partial charge is 0.508 e. The minimum atomic E-state index is -1.90. The van der Waals surface area contributed by atoms with Crippen LogP contribution in [0.1, 0.15) is 0 Å². The number of phenols is 2. The van der Waals surface area contributed by atoms with Crippen molar-refractivity contribution in [2.75, 3.05) is 13.7 Å². The second-order valence-electron chi connectivity index (χ2n) is 10.3. The van der Waals surface area contributed by atoms with E-state index in [4.69, 9.17) is 23.4 Å². The fraction of sp³-hybridized carbons (Fsp3) is 0.429. The molecule has 0 aliphatic carbocycles. The molecule has 3 heterocycles. The van der Waals surface area contributed by atoms with E-state index in [1.165, 1.54) is 24.3 Å². The van der Waals surface area contributed by atoms with Gasteiger partial charge in [-0.15, -0.1) is 0 Å². The van der Waals surface area contributed by atoms with Crippen molar-refractivity contribution >= 4 is 16.9 Å². The second-order valence-corrected chi connectivity index (χ2v) is 10.3. The highest BCUT2D eigenvalue weighted by molar-refractivity contribution is 5.88. The molecule has 9 N–H and O–H groups in total. The van der Waals surface area contributed by atoms with Crippen molar-refractivity contribution in [1.82, 2.24) is 0 Å². The van der Waals surface area contributed by atoms with Crippen molar-refractivity contribution in [3.05, 3.63) is 46.6 Å². The Bertz CT molecular complexity index is 1590. The zero-order chi connectivity index (χ0) is 32.7. The Hall–Kier alpha value is -4.04. The van der Waals surface area contributed by atoms with Gasteiger partial charge < -0.3 is 74.1 Å². The molecule has 45 heavy (non-hydrogen) atoms. The Morgan fingerprint density at radius 2 is 1.44 bits per heavy atom. The summed E-state index contributed by atoms with van der Waals surface area (Å²) in [5, 5.41) is 91.2. The molecule has 17 heteroatoms. The van der Waals surface area contributed by atoms with Crippen molar-refractivity contribution in [3.63, 3.8) is 0 Å². The normalized spacial score (nSPS) is 31.8. The van der Waals surface area contributed by atoms with E-state index >= 15 is 0 Å². The second kappa shape index (κ2) is 12.8. The summed E-state index contributed by atoms with van der Waals surface area (Å²) < 4.78 is 32.3. The van der Waals surface area contributed by atoms with E-state index in [-0.39, 0.29) is 28.4 Å². The highest BCUT2D eigenvalue weighted by atomic mass is 16.7. The number of rotatable bonds is 7. The zero-order valence-electron chi connectivity index (χ0n) is 23.2. The lowest BCUT2D eigenvalue weighted by Crippen LogP contribution is -2.61. The van der Waals surface area contributed by atoms with Crippen LogP contribution >= 0.6 is 0 Å². The zero-order valence-corrected chi connectivity index (χ0v) is 23.2. The lowest BCUT2D eigenvalue weighted by Gasteiger charge is -2.39. The van der Waals surface area contributed by atoms with E-state index in [0.717, 1.165) is 19.2 Å². The van der Waals surface area contributed by atoms with Gasteiger partial charge in [0.15, 0.2) is 11.9 Å². The van der Waals surface area contributed by atoms with E-state index in [1.807, 2.05) is 0 Å². The molecule has 0 spiro atoms. The standard InChI is InChI=1S/C28H30O17/c1-40-26(39)25-20(36)19(35)22(38)27(45-25)41-11-6-12(31)15-13(7-11)42-23(9-2-4-10(30)5-3-9)24(17(15)33)44-28-21(37)18(34)16(32)14(8-29)43-28/h2-7,14,16,18-22,25,27-32,34-38H,8H2,1H3/t14-,16-,18+,19-,20-,21-,22+,25-,27+,28+/m0/s1. The van der Waals surface area contributed by atoms with Crippen LogP contribution in [0, 0.1) is 0 Å². The number of phenolic OH excluding ortho intramolecular Hbond substituents is 2. The van der Waals surface area contributed by atoms with Gasteiger partial charge in [-0.3, -0.25) is 4.79 Å². The topological polar surface area (TPSA) is 276 Å². The maximum Gasteiger partial charge on any atom is 0.337 e. The van der Waals surface area contributed by atoms with Gasteiger partial charge in [-0.25, -0.2) is 4.79 Å². The van der Waals surface area contributed by atoms with Crippen LogP contribution in [-0.4, -0.2) is 127 Å². The summed E-state index contributed by atoms with van der Waals surface area (Å²) in [6, 6.07) is 7.20. The molecule has 17 nitrogen and oxygen atoms in total. The molecule has 0 unspecified atom stereocenters. The molecule has 2 aromatic carbocycles. The minimum absolute atomic E-state index is 0.140. The van der Waals surface area contributed by atoms with Crippen LogP contribution in [0.4, 0.5) is 0 Å². The molecule has 0 radical (unpaired) electrons. The lowest BCUT2D eigenvalue weighted by atomic mass is 9.99. The third-order valence-corrected chi connectivity index (χ3v) is 7.37. The molecule has 2 saturated heterocycles. The van der Waals surface area contributed by atoms with Gasteiger partial charge >= 0.3 is 5.97 Å². The molecule has 3 aromatic rings. The highest BCUT2D eigenvalue weighted by Gasteiger charge is 2.49. The van der Waals surface area contributed by atoms with Crippen LogP contribution in [0.3, 0.4) is 0 Å².